The van der Waals surface area contributed by atoms with Crippen LogP contribution in [0.25, 0.3) is 0 Å². The van der Waals surface area contributed by atoms with Gasteiger partial charge in [-0.15, -0.1) is 0 Å². The second-order valence-electron chi connectivity index (χ2n) is 6.06. The van der Waals surface area contributed by atoms with Gasteiger partial charge in [-0.2, -0.15) is 0 Å². The van der Waals surface area contributed by atoms with Crippen molar-refractivity contribution in [1.29, 1.82) is 0 Å². The van der Waals surface area contributed by atoms with E-state index in [2.05, 4.69) is 5.32 Å². The molecule has 1 unspecified atom stereocenters. The largest absolute Gasteiger partial charge is 0.496 e. The molecule has 1 atom stereocenters. The zero-order chi connectivity index (χ0) is 18.5. The highest BCUT2D eigenvalue weighted by molar-refractivity contribution is 5.92. The summed E-state index contributed by atoms with van der Waals surface area (Å²) in [5, 5.41) is 2.91. The molecule has 2 aromatic carbocycles. The van der Waals surface area contributed by atoms with Gasteiger partial charge in [-0.25, -0.2) is 4.79 Å². The van der Waals surface area contributed by atoms with Gasteiger partial charge < -0.3 is 19.5 Å². The van der Waals surface area contributed by atoms with Crippen LogP contribution in [0.1, 0.15) is 21.5 Å². The molecule has 0 bridgehead atoms. The van der Waals surface area contributed by atoms with E-state index in [4.69, 9.17) is 14.2 Å². The maximum atomic E-state index is 12.5. The maximum absolute atomic E-state index is 12.5. The van der Waals surface area contributed by atoms with Crippen LogP contribution in [0.4, 0.5) is 0 Å². The molecule has 1 amide bonds. The van der Waals surface area contributed by atoms with Crippen molar-refractivity contribution < 1.29 is 23.8 Å². The van der Waals surface area contributed by atoms with Crippen molar-refractivity contribution in [3.63, 3.8) is 0 Å². The van der Waals surface area contributed by atoms with E-state index in [1.165, 1.54) is 14.2 Å². The number of hydrogen-bond acceptors (Lipinski definition) is 5. The lowest BCUT2D eigenvalue weighted by Gasteiger charge is -2.24. The molecule has 0 saturated carbocycles. The highest BCUT2D eigenvalue weighted by Gasteiger charge is 2.25. The second-order valence-corrected chi connectivity index (χ2v) is 6.06. The summed E-state index contributed by atoms with van der Waals surface area (Å²) >= 11 is 0. The number of para-hydroxylation sites is 1. The number of esters is 1. The minimum absolute atomic E-state index is 0.0741. The molecule has 1 N–H and O–H groups in total. The molecule has 0 spiro atoms. The Morgan fingerprint density at radius 2 is 2.00 bits per heavy atom. The number of hydrogen-bond donors (Lipinski definition) is 1. The fraction of sp³-hybridized carbons (Fsp3) is 0.300. The SMILES string of the molecule is COC(=O)c1cc(CNC(=O)C2COc3ccccc3C2)ccc1OC. The number of rotatable bonds is 5. The van der Waals surface area contributed by atoms with E-state index in [0.717, 1.165) is 16.9 Å². The molecule has 0 aromatic heterocycles. The van der Waals surface area contributed by atoms with Crippen LogP contribution in [-0.2, 0) is 22.5 Å². The molecular formula is C20H21NO5. The van der Waals surface area contributed by atoms with Gasteiger partial charge in [-0.05, 0) is 35.7 Å². The third kappa shape index (κ3) is 3.79. The quantitative estimate of drug-likeness (QED) is 0.834. The third-order valence-corrected chi connectivity index (χ3v) is 4.39. The summed E-state index contributed by atoms with van der Waals surface area (Å²) < 4.78 is 15.6. The minimum Gasteiger partial charge on any atom is -0.496 e. The Hall–Kier alpha value is -3.02. The molecule has 2 aromatic rings. The fourth-order valence-electron chi connectivity index (χ4n) is 2.96. The highest BCUT2D eigenvalue weighted by Crippen LogP contribution is 2.27. The first-order valence-electron chi connectivity index (χ1n) is 8.36. The van der Waals surface area contributed by atoms with E-state index in [1.807, 2.05) is 24.3 Å². The first-order chi connectivity index (χ1) is 12.6. The first-order valence-corrected chi connectivity index (χ1v) is 8.36. The van der Waals surface area contributed by atoms with Crippen LogP contribution >= 0.6 is 0 Å². The second kappa shape index (κ2) is 7.91. The number of ether oxygens (including phenoxy) is 3. The summed E-state index contributed by atoms with van der Waals surface area (Å²) in [5.74, 6) is 0.490. The van der Waals surface area contributed by atoms with E-state index in [0.29, 0.717) is 30.9 Å². The predicted octanol–water partition coefficient (Wildman–Crippen LogP) is 2.35. The average molecular weight is 355 g/mol. The molecular weight excluding hydrogens is 334 g/mol. The van der Waals surface area contributed by atoms with Gasteiger partial charge in [0.05, 0.1) is 20.1 Å². The summed E-state index contributed by atoms with van der Waals surface area (Å²) in [4.78, 5) is 24.3. The Balaban J connectivity index is 1.64. The molecule has 0 fully saturated rings. The van der Waals surface area contributed by atoms with Crippen molar-refractivity contribution >= 4 is 11.9 Å². The van der Waals surface area contributed by atoms with Crippen LogP contribution in [0.2, 0.25) is 0 Å². The predicted molar refractivity (Wildman–Crippen MR) is 95.3 cm³/mol. The summed E-state index contributed by atoms with van der Waals surface area (Å²) in [7, 11) is 2.81. The standard InChI is InChI=1S/C20H21NO5/c1-24-18-8-7-13(9-16(18)20(23)25-2)11-21-19(22)15-10-14-5-3-4-6-17(14)26-12-15/h3-9,15H,10-12H2,1-2H3,(H,21,22). The van der Waals surface area contributed by atoms with Crippen LogP contribution in [0.15, 0.2) is 42.5 Å². The van der Waals surface area contributed by atoms with Crippen LogP contribution in [-0.4, -0.2) is 32.7 Å². The molecule has 0 aliphatic carbocycles. The van der Waals surface area contributed by atoms with Gasteiger partial charge in [-0.1, -0.05) is 24.3 Å². The summed E-state index contributed by atoms with van der Waals surface area (Å²) in [6.07, 6.45) is 0.651. The number of benzene rings is 2. The lowest BCUT2D eigenvalue weighted by atomic mass is 9.96. The molecule has 1 aliphatic rings. The first kappa shape index (κ1) is 17.8. The zero-order valence-corrected chi connectivity index (χ0v) is 14.8. The van der Waals surface area contributed by atoms with E-state index < -0.39 is 5.97 Å². The van der Waals surface area contributed by atoms with Gasteiger partial charge in [0, 0.05) is 6.54 Å². The number of carbonyl (C=O) groups excluding carboxylic acids is 2. The minimum atomic E-state index is -0.479. The molecule has 26 heavy (non-hydrogen) atoms. The molecule has 136 valence electrons. The molecule has 6 heteroatoms. The number of carbonyl (C=O) groups is 2. The van der Waals surface area contributed by atoms with Crippen LogP contribution in [0, 0.1) is 5.92 Å². The number of amides is 1. The Morgan fingerprint density at radius 3 is 2.77 bits per heavy atom. The van der Waals surface area contributed by atoms with Crippen molar-refractivity contribution in [2.45, 2.75) is 13.0 Å². The normalized spacial score (nSPS) is 15.4. The van der Waals surface area contributed by atoms with Crippen molar-refractivity contribution in [3.8, 4) is 11.5 Å². The Labute approximate surface area is 152 Å². The van der Waals surface area contributed by atoms with Crippen molar-refractivity contribution in [2.75, 3.05) is 20.8 Å². The Kier molecular flexibility index (Phi) is 5.41. The highest BCUT2D eigenvalue weighted by atomic mass is 16.5. The molecule has 1 heterocycles. The monoisotopic (exact) mass is 355 g/mol. The molecule has 0 radical (unpaired) electrons. The molecule has 6 nitrogen and oxygen atoms in total. The third-order valence-electron chi connectivity index (χ3n) is 4.39. The lowest BCUT2D eigenvalue weighted by Crippen LogP contribution is -2.37. The van der Waals surface area contributed by atoms with E-state index in [9.17, 15) is 9.59 Å². The zero-order valence-electron chi connectivity index (χ0n) is 14.8. The van der Waals surface area contributed by atoms with E-state index >= 15 is 0 Å². The maximum Gasteiger partial charge on any atom is 0.341 e. The summed E-state index contributed by atoms with van der Waals surface area (Å²) in [6.45, 7) is 0.670. The average Bonchev–Trinajstić information content (AvgIpc) is 2.70. The molecule has 3 rings (SSSR count). The van der Waals surface area contributed by atoms with E-state index in [-0.39, 0.29) is 11.8 Å². The number of nitrogens with one attached hydrogen (secondary N) is 1. The lowest BCUT2D eigenvalue weighted by molar-refractivity contribution is -0.126. The van der Waals surface area contributed by atoms with Gasteiger partial charge in [0.2, 0.25) is 5.91 Å². The molecule has 1 aliphatic heterocycles. The van der Waals surface area contributed by atoms with Crippen LogP contribution < -0.4 is 14.8 Å². The summed E-state index contributed by atoms with van der Waals surface area (Å²) in [5.41, 5.74) is 2.16. The fourth-order valence-corrected chi connectivity index (χ4v) is 2.96. The van der Waals surface area contributed by atoms with Crippen molar-refractivity contribution in [3.05, 3.63) is 59.2 Å². The smallest absolute Gasteiger partial charge is 0.341 e. The topological polar surface area (TPSA) is 73.9 Å². The Morgan fingerprint density at radius 1 is 1.19 bits per heavy atom. The van der Waals surface area contributed by atoms with Crippen molar-refractivity contribution in [2.24, 2.45) is 5.92 Å². The van der Waals surface area contributed by atoms with Gasteiger partial charge >= 0.3 is 5.97 Å². The summed E-state index contributed by atoms with van der Waals surface area (Å²) in [6, 6.07) is 12.9. The van der Waals surface area contributed by atoms with Gasteiger partial charge in [0.25, 0.3) is 0 Å². The number of fused-ring (bicyclic) bond motifs is 1. The van der Waals surface area contributed by atoms with Crippen LogP contribution in [0.5, 0.6) is 11.5 Å². The number of methoxy groups -OCH3 is 2. The Bertz CT molecular complexity index is 818. The van der Waals surface area contributed by atoms with Gasteiger partial charge in [0.15, 0.2) is 0 Å². The van der Waals surface area contributed by atoms with Crippen LogP contribution in [0.3, 0.4) is 0 Å². The van der Waals surface area contributed by atoms with Crippen molar-refractivity contribution in [1.82, 2.24) is 5.32 Å². The van der Waals surface area contributed by atoms with Gasteiger partial charge in [-0.3, -0.25) is 4.79 Å². The van der Waals surface area contributed by atoms with E-state index in [1.54, 1.807) is 18.2 Å². The molecule has 0 saturated heterocycles. The van der Waals surface area contributed by atoms with Gasteiger partial charge in [0.1, 0.15) is 23.7 Å².